The molecule has 2 saturated heterocycles. The van der Waals surface area contributed by atoms with Gasteiger partial charge >= 0.3 is 0 Å². The first-order valence-corrected chi connectivity index (χ1v) is 9.50. The maximum absolute atomic E-state index is 5.32. The van der Waals surface area contributed by atoms with E-state index in [9.17, 15) is 0 Å². The number of ether oxygens (including phenoxy) is 1. The minimum Gasteiger partial charge on any atom is -0.378 e. The van der Waals surface area contributed by atoms with E-state index < -0.39 is 0 Å². The first kappa shape index (κ1) is 16.5. The summed E-state index contributed by atoms with van der Waals surface area (Å²) < 4.78 is 7.31. The first-order valence-electron chi connectivity index (χ1n) is 9.50. The van der Waals surface area contributed by atoms with E-state index in [0.717, 1.165) is 62.2 Å². The summed E-state index contributed by atoms with van der Waals surface area (Å²) in [6.45, 7) is 8.14. The molecule has 0 saturated carbocycles. The number of anilines is 3. The zero-order valence-electron chi connectivity index (χ0n) is 15.5. The summed E-state index contributed by atoms with van der Waals surface area (Å²) in [7, 11) is 0. The van der Waals surface area contributed by atoms with E-state index in [1.54, 1.807) is 6.20 Å². The largest absolute Gasteiger partial charge is 0.378 e. The Morgan fingerprint density at radius 1 is 1.07 bits per heavy atom. The third-order valence-electron chi connectivity index (χ3n) is 5.44. The lowest BCUT2D eigenvalue weighted by Crippen LogP contribution is -2.56. The summed E-state index contributed by atoms with van der Waals surface area (Å²) in [4.78, 5) is 14.0. The van der Waals surface area contributed by atoms with Gasteiger partial charge < -0.3 is 19.4 Å². The third-order valence-corrected chi connectivity index (χ3v) is 5.44. The maximum atomic E-state index is 5.32. The molecule has 4 heterocycles. The second kappa shape index (κ2) is 6.83. The molecule has 27 heavy (non-hydrogen) atoms. The molecule has 1 N–H and O–H groups in total. The van der Waals surface area contributed by atoms with E-state index in [-0.39, 0.29) is 0 Å². The van der Waals surface area contributed by atoms with E-state index in [1.165, 1.54) is 5.69 Å². The Hall–Kier alpha value is -2.64. The van der Waals surface area contributed by atoms with Gasteiger partial charge in [0.2, 0.25) is 0 Å². The van der Waals surface area contributed by atoms with Crippen LogP contribution in [0.5, 0.6) is 0 Å². The smallest absolute Gasteiger partial charge is 0.180 e. The molecule has 7 nitrogen and oxygen atoms in total. The minimum atomic E-state index is 0.639. The number of nitrogens with one attached hydrogen (secondary N) is 1. The van der Waals surface area contributed by atoms with Crippen LogP contribution in [-0.4, -0.2) is 64.7 Å². The van der Waals surface area contributed by atoms with Gasteiger partial charge in [-0.3, -0.25) is 4.90 Å². The molecular weight excluding hydrogens is 340 g/mol. The summed E-state index contributed by atoms with van der Waals surface area (Å²) in [6, 6.07) is 9.24. The van der Waals surface area contributed by atoms with E-state index in [1.807, 2.05) is 23.7 Å². The molecule has 2 aromatic heterocycles. The molecule has 0 amide bonds. The van der Waals surface area contributed by atoms with Crippen molar-refractivity contribution in [3.8, 4) is 0 Å². The summed E-state index contributed by atoms with van der Waals surface area (Å²) in [6.07, 6.45) is 5.71. The van der Waals surface area contributed by atoms with Crippen LogP contribution in [0.1, 0.15) is 5.69 Å². The lowest BCUT2D eigenvalue weighted by Gasteiger charge is -2.43. The molecule has 2 aliphatic rings. The van der Waals surface area contributed by atoms with Gasteiger partial charge in [0, 0.05) is 56.1 Å². The van der Waals surface area contributed by atoms with Gasteiger partial charge in [-0.2, -0.15) is 0 Å². The van der Waals surface area contributed by atoms with Crippen molar-refractivity contribution in [1.82, 2.24) is 19.3 Å². The van der Waals surface area contributed by atoms with Crippen LogP contribution in [0.25, 0.3) is 5.65 Å². The van der Waals surface area contributed by atoms with E-state index in [2.05, 4.69) is 49.4 Å². The second-order valence-electron chi connectivity index (χ2n) is 7.28. The van der Waals surface area contributed by atoms with Crippen LogP contribution in [0.15, 0.2) is 42.9 Å². The van der Waals surface area contributed by atoms with Crippen LogP contribution >= 0.6 is 0 Å². The third kappa shape index (κ3) is 3.24. The van der Waals surface area contributed by atoms with E-state index in [4.69, 9.17) is 4.74 Å². The van der Waals surface area contributed by atoms with E-state index in [0.29, 0.717) is 6.04 Å². The Bertz CT molecular complexity index is 925. The quantitative estimate of drug-likeness (QED) is 0.767. The summed E-state index contributed by atoms with van der Waals surface area (Å²) in [5.41, 5.74) is 4.08. The van der Waals surface area contributed by atoms with Crippen molar-refractivity contribution in [2.24, 2.45) is 0 Å². The second-order valence-corrected chi connectivity index (χ2v) is 7.28. The number of hydrogen-bond donors (Lipinski definition) is 1. The van der Waals surface area contributed by atoms with Crippen LogP contribution in [0, 0.1) is 6.92 Å². The summed E-state index contributed by atoms with van der Waals surface area (Å²) in [5, 5.41) is 3.41. The molecule has 1 aromatic carbocycles. The monoisotopic (exact) mass is 364 g/mol. The standard InChI is InChI=1S/C20H24N6O/c1-15-12-26-7-6-21-20(26)19(22-15)23-16-2-4-17(5-3-16)24-8-10-25(11-9-24)18-13-27-14-18/h2-7,12,18H,8-11,13-14H2,1H3,(H,22,23). The molecule has 0 bridgehead atoms. The van der Waals surface area contributed by atoms with Gasteiger partial charge in [-0.1, -0.05) is 0 Å². The fraction of sp³-hybridized carbons (Fsp3) is 0.400. The lowest BCUT2D eigenvalue weighted by molar-refractivity contribution is -0.0660. The van der Waals surface area contributed by atoms with Crippen LogP contribution in [0.3, 0.4) is 0 Å². The Morgan fingerprint density at radius 3 is 2.56 bits per heavy atom. The number of piperazine rings is 1. The first-order chi connectivity index (χ1) is 13.3. The molecule has 140 valence electrons. The number of benzene rings is 1. The van der Waals surface area contributed by atoms with Gasteiger partial charge in [-0.05, 0) is 31.2 Å². The van der Waals surface area contributed by atoms with Gasteiger partial charge in [0.25, 0.3) is 0 Å². The van der Waals surface area contributed by atoms with Gasteiger partial charge in [0.15, 0.2) is 11.5 Å². The van der Waals surface area contributed by atoms with Gasteiger partial charge in [-0.25, -0.2) is 9.97 Å². The molecule has 0 unspecified atom stereocenters. The summed E-state index contributed by atoms with van der Waals surface area (Å²) in [5.74, 6) is 0.782. The zero-order chi connectivity index (χ0) is 18.2. The zero-order valence-corrected chi connectivity index (χ0v) is 15.5. The highest BCUT2D eigenvalue weighted by Crippen LogP contribution is 2.24. The fourth-order valence-electron chi connectivity index (χ4n) is 3.81. The number of aromatic nitrogens is 3. The Morgan fingerprint density at radius 2 is 1.85 bits per heavy atom. The predicted octanol–water partition coefficient (Wildman–Crippen LogP) is 2.30. The molecular formula is C20H24N6O. The Kier molecular flexibility index (Phi) is 4.18. The fourth-order valence-corrected chi connectivity index (χ4v) is 3.81. The molecule has 0 atom stereocenters. The van der Waals surface area contributed by atoms with Crippen molar-refractivity contribution in [1.29, 1.82) is 0 Å². The Labute approximate surface area is 158 Å². The van der Waals surface area contributed by atoms with Crippen LogP contribution < -0.4 is 10.2 Å². The SMILES string of the molecule is Cc1cn2ccnc2c(Nc2ccc(N3CCN(C4COC4)CC3)cc2)n1. The van der Waals surface area contributed by atoms with Crippen LogP contribution in [-0.2, 0) is 4.74 Å². The van der Waals surface area contributed by atoms with Crippen molar-refractivity contribution >= 4 is 22.8 Å². The Balaban J connectivity index is 1.27. The molecule has 7 heteroatoms. The number of hydrogen-bond acceptors (Lipinski definition) is 6. The maximum Gasteiger partial charge on any atom is 0.180 e. The molecule has 2 aliphatic heterocycles. The topological polar surface area (TPSA) is 57.9 Å². The molecule has 0 spiro atoms. The van der Waals surface area contributed by atoms with Crippen LogP contribution in [0.4, 0.5) is 17.2 Å². The van der Waals surface area contributed by atoms with Crippen molar-refractivity contribution in [3.63, 3.8) is 0 Å². The predicted molar refractivity (Wildman–Crippen MR) is 106 cm³/mol. The molecule has 0 aliphatic carbocycles. The van der Waals surface area contributed by atoms with Crippen molar-refractivity contribution in [2.75, 3.05) is 49.6 Å². The average molecular weight is 364 g/mol. The molecule has 0 radical (unpaired) electrons. The lowest BCUT2D eigenvalue weighted by atomic mass is 10.1. The number of imidazole rings is 1. The molecule has 3 aromatic rings. The highest BCUT2D eigenvalue weighted by molar-refractivity contribution is 5.71. The normalized spacial score (nSPS) is 18.6. The van der Waals surface area contributed by atoms with Crippen molar-refractivity contribution in [2.45, 2.75) is 13.0 Å². The highest BCUT2D eigenvalue weighted by Gasteiger charge is 2.28. The van der Waals surface area contributed by atoms with Gasteiger partial charge in [-0.15, -0.1) is 0 Å². The molecule has 5 rings (SSSR count). The number of rotatable bonds is 4. The highest BCUT2D eigenvalue weighted by atomic mass is 16.5. The van der Waals surface area contributed by atoms with Gasteiger partial charge in [0.05, 0.1) is 24.9 Å². The number of fused-ring (bicyclic) bond motifs is 1. The average Bonchev–Trinajstić information content (AvgIpc) is 3.10. The number of aryl methyl sites for hydroxylation is 1. The van der Waals surface area contributed by atoms with E-state index >= 15 is 0 Å². The minimum absolute atomic E-state index is 0.639. The van der Waals surface area contributed by atoms with Crippen molar-refractivity contribution in [3.05, 3.63) is 48.5 Å². The number of nitrogens with zero attached hydrogens (tertiary/aromatic N) is 5. The van der Waals surface area contributed by atoms with Crippen molar-refractivity contribution < 1.29 is 4.74 Å². The van der Waals surface area contributed by atoms with Gasteiger partial charge in [0.1, 0.15) is 0 Å². The van der Waals surface area contributed by atoms with Crippen LogP contribution in [0.2, 0.25) is 0 Å². The molecule has 2 fully saturated rings. The summed E-state index contributed by atoms with van der Waals surface area (Å²) >= 11 is 0.